The number of hydrazine groups is 1. The Hall–Kier alpha value is -6.36. The van der Waals surface area contributed by atoms with E-state index in [0.29, 0.717) is 85.4 Å². The number of nitrogens with one attached hydrogen (secondary N) is 5. The normalized spacial score (nSPS) is 13.9. The maximum atomic E-state index is 13.4. The summed E-state index contributed by atoms with van der Waals surface area (Å²) < 4.78 is 0. The molecule has 2 aliphatic rings. The minimum absolute atomic E-state index is 0. The third-order valence-corrected chi connectivity index (χ3v) is 13.6. The number of carbonyl (C=O) groups is 5. The number of hydrogen-bond donors (Lipinski definition) is 7. The molecule has 2 atom stereocenters. The molecule has 0 saturated heterocycles. The van der Waals surface area contributed by atoms with Crippen LogP contribution in [0.1, 0.15) is 152 Å². The second kappa shape index (κ2) is 26.0. The average Bonchev–Trinajstić information content (AvgIpc) is 4.01. The van der Waals surface area contributed by atoms with E-state index < -0.39 is 16.9 Å². The number of rotatable bonds is 23. The van der Waals surface area contributed by atoms with Gasteiger partial charge in [-0.2, -0.15) is 5.10 Å². The third-order valence-electron chi connectivity index (χ3n) is 13.6. The van der Waals surface area contributed by atoms with Gasteiger partial charge in [-0.15, -0.1) is 22.1 Å². The number of hydrazone groups is 1. The van der Waals surface area contributed by atoms with Crippen molar-refractivity contribution < 1.29 is 48.6 Å². The van der Waals surface area contributed by atoms with Crippen LogP contribution in [-0.2, 0) is 49.9 Å². The standard InChI is InChI=1S/C55H75N11O6.Zn/c1-13-37-33(6)41-25-42-35(8)40(48(62-42)28-47-39(18-21-50(69)64-56)36(9)44(63-47)27-46-38(14-2)34(7)43(61-46)26-45(37)60-41)19-22-51(70)66-65-31(4)17-20-49(68)57-23-16-24-58-52(71)54(10,11)30-55(12,15-3)53(72)59-29-32(5)67;/h13-14,25-28,32,67H,1-2,15-24,29-30H2,3-12H3,(H9,56,57,58,59,60,61,62,63,64,66,68,69,70,71,72);/q;+2/p-2. The number of aryl methyl sites for hydroxylation is 3. The van der Waals surface area contributed by atoms with E-state index in [1.165, 1.54) is 0 Å². The van der Waals surface area contributed by atoms with E-state index in [9.17, 15) is 29.1 Å². The van der Waals surface area contributed by atoms with E-state index in [0.717, 1.165) is 61.3 Å². The molecular weight excluding hydrogens is 976 g/mol. The summed E-state index contributed by atoms with van der Waals surface area (Å²) in [5.74, 6) is 4.27. The first-order chi connectivity index (χ1) is 34.1. The molecule has 3 aromatic heterocycles. The second-order valence-corrected chi connectivity index (χ2v) is 19.7. The molecule has 8 N–H and O–H groups in total. The molecule has 5 amide bonds. The van der Waals surface area contributed by atoms with Crippen molar-refractivity contribution in [2.24, 2.45) is 21.8 Å². The molecule has 2 aliphatic heterocycles. The van der Waals surface area contributed by atoms with Crippen LogP contribution in [0.25, 0.3) is 50.4 Å². The van der Waals surface area contributed by atoms with E-state index in [2.05, 4.69) is 45.1 Å². The molecule has 0 spiro atoms. The van der Waals surface area contributed by atoms with Gasteiger partial charge in [0.15, 0.2) is 0 Å². The van der Waals surface area contributed by atoms with E-state index in [1.807, 2.05) is 65.8 Å². The van der Waals surface area contributed by atoms with Gasteiger partial charge in [0.1, 0.15) is 0 Å². The van der Waals surface area contributed by atoms with Gasteiger partial charge in [-0.3, -0.25) is 29.4 Å². The van der Waals surface area contributed by atoms with Gasteiger partial charge in [-0.05, 0) is 102 Å². The summed E-state index contributed by atoms with van der Waals surface area (Å²) in [6, 6.07) is 7.75. The monoisotopic (exact) mass is 1050 g/mol. The number of hydrogen-bond acceptors (Lipinski definition) is 10. The Morgan fingerprint density at radius 2 is 1.36 bits per heavy atom. The average molecular weight is 1050 g/mol. The summed E-state index contributed by atoms with van der Waals surface area (Å²) in [5.41, 5.74) is 16.5. The molecule has 2 unspecified atom stereocenters. The predicted octanol–water partition coefficient (Wildman–Crippen LogP) is 6.80. The number of allylic oxidation sites excluding steroid dienone is 5. The Labute approximate surface area is 442 Å². The van der Waals surface area contributed by atoms with Gasteiger partial charge in [0.2, 0.25) is 29.5 Å². The summed E-state index contributed by atoms with van der Waals surface area (Å²) in [5, 5.41) is 22.4. The van der Waals surface area contributed by atoms with Crippen molar-refractivity contribution in [3.63, 3.8) is 0 Å². The number of nitrogens with two attached hydrogens (primary N) is 1. The Morgan fingerprint density at radius 1 is 0.753 bits per heavy atom. The minimum Gasteiger partial charge on any atom is -0.657 e. The quantitative estimate of drug-likeness (QED) is 0.0130. The summed E-state index contributed by atoms with van der Waals surface area (Å²) in [6.07, 6.45) is 5.70. The van der Waals surface area contributed by atoms with Crippen molar-refractivity contribution in [1.82, 2.24) is 46.7 Å². The first-order valence-electron chi connectivity index (χ1n) is 24.7. The molecule has 386 valence electrons. The first kappa shape index (κ1) is 59.2. The largest absolute Gasteiger partial charge is 2.00 e. The molecule has 8 bridgehead atoms. The molecule has 73 heavy (non-hydrogen) atoms. The molecule has 0 fully saturated rings. The summed E-state index contributed by atoms with van der Waals surface area (Å²) in [7, 11) is 0. The van der Waals surface area contributed by atoms with Crippen molar-refractivity contribution in [2.75, 3.05) is 19.6 Å². The van der Waals surface area contributed by atoms with Crippen molar-refractivity contribution in [3.8, 4) is 0 Å². The fraction of sp³-hybridized carbons (Fsp3) is 0.455. The molecule has 5 rings (SSSR count). The van der Waals surface area contributed by atoms with Gasteiger partial charge in [0, 0.05) is 61.0 Å². The van der Waals surface area contributed by atoms with E-state index in [-0.39, 0.29) is 74.8 Å². The fourth-order valence-electron chi connectivity index (χ4n) is 8.98. The van der Waals surface area contributed by atoms with Crippen LogP contribution in [0.4, 0.5) is 0 Å². The van der Waals surface area contributed by atoms with Gasteiger partial charge in [-0.25, -0.2) is 21.2 Å². The molecule has 3 aromatic rings. The molecule has 5 heterocycles. The Morgan fingerprint density at radius 3 is 2.01 bits per heavy atom. The van der Waals surface area contributed by atoms with Crippen molar-refractivity contribution in [1.29, 1.82) is 0 Å². The first-order valence-corrected chi connectivity index (χ1v) is 24.7. The number of aliphatic hydroxyl groups excluding tert-OH is 1. The maximum absolute atomic E-state index is 13.4. The van der Waals surface area contributed by atoms with Gasteiger partial charge < -0.3 is 31.0 Å². The number of amides is 5. The molecule has 0 aliphatic carbocycles. The van der Waals surface area contributed by atoms with Crippen LogP contribution >= 0.6 is 0 Å². The summed E-state index contributed by atoms with van der Waals surface area (Å²) >= 11 is 0. The SMILES string of the molecule is C=CC1=C(C)c2cc3[n-]c(cc4nc(cc5[n-]c(cc1n2)c(C)c5CCC(=O)NN)C(CCC(=O)NN=C(C)CCC(=O)NCCCNC(=O)C(C)(C)CC(C)(CC)C(=O)NCC(C)O)=C4C)c(C)c3C=C.[Zn+2]. The Balaban J connectivity index is 0.0000116. The van der Waals surface area contributed by atoms with Gasteiger partial charge in [-0.1, -0.05) is 94.0 Å². The zero-order valence-electron chi connectivity index (χ0n) is 44.4. The van der Waals surface area contributed by atoms with Crippen LogP contribution in [-0.4, -0.2) is 76.1 Å². The number of aliphatic hydroxyl groups is 1. The van der Waals surface area contributed by atoms with E-state index >= 15 is 0 Å². The summed E-state index contributed by atoms with van der Waals surface area (Å²) in [6.45, 7) is 27.6. The molecule has 18 heteroatoms. The van der Waals surface area contributed by atoms with Crippen LogP contribution in [0, 0.1) is 24.7 Å². The predicted molar refractivity (Wildman–Crippen MR) is 286 cm³/mol. The number of nitrogens with zero attached hydrogens (tertiary/aromatic N) is 5. The van der Waals surface area contributed by atoms with Crippen LogP contribution in [0.2, 0.25) is 0 Å². The molecular formula is C55H73N11O6Zn. The minimum atomic E-state index is -0.829. The maximum Gasteiger partial charge on any atom is 2.00 e. The van der Waals surface area contributed by atoms with Crippen molar-refractivity contribution >= 4 is 85.7 Å². The molecule has 0 aromatic carbocycles. The number of carbonyl (C=O) groups excluding carboxylic acids is 5. The zero-order valence-corrected chi connectivity index (χ0v) is 47.4. The molecule has 17 nitrogen and oxygen atoms in total. The van der Waals surface area contributed by atoms with Crippen LogP contribution in [0.3, 0.4) is 0 Å². The topological polar surface area (TPSA) is 258 Å². The Bertz CT molecular complexity index is 2890. The van der Waals surface area contributed by atoms with E-state index in [1.54, 1.807) is 39.8 Å². The molecule has 0 saturated carbocycles. The molecule has 0 radical (unpaired) electrons. The summed E-state index contributed by atoms with van der Waals surface area (Å²) in [4.78, 5) is 84.7. The third kappa shape index (κ3) is 14.9. The van der Waals surface area contributed by atoms with Crippen LogP contribution < -0.4 is 42.6 Å². The van der Waals surface area contributed by atoms with Gasteiger partial charge >= 0.3 is 19.5 Å². The van der Waals surface area contributed by atoms with Crippen LogP contribution in [0.15, 0.2) is 48.6 Å². The van der Waals surface area contributed by atoms with Gasteiger partial charge in [0.05, 0.1) is 28.9 Å². The number of aromatic nitrogens is 4. The van der Waals surface area contributed by atoms with Crippen molar-refractivity contribution in [3.05, 3.63) is 88.5 Å². The van der Waals surface area contributed by atoms with Crippen LogP contribution in [0.5, 0.6) is 0 Å². The smallest absolute Gasteiger partial charge is 0.657 e. The fourth-order valence-corrected chi connectivity index (χ4v) is 8.98. The zero-order chi connectivity index (χ0) is 53.1. The van der Waals surface area contributed by atoms with Crippen molar-refractivity contribution in [2.45, 2.75) is 133 Å². The van der Waals surface area contributed by atoms with Gasteiger partial charge in [0.25, 0.3) is 0 Å². The Kier molecular flexibility index (Phi) is 21.1. The number of fused-ring (bicyclic) bond motifs is 8. The second-order valence-electron chi connectivity index (χ2n) is 19.7. The van der Waals surface area contributed by atoms with E-state index in [4.69, 9.17) is 25.8 Å².